The Kier molecular flexibility index (Phi) is 5.43. The van der Waals surface area contributed by atoms with Gasteiger partial charge in [0, 0.05) is 20.1 Å². The van der Waals surface area contributed by atoms with E-state index in [0.717, 1.165) is 29.2 Å². The molecule has 0 radical (unpaired) electrons. The Morgan fingerprint density at radius 3 is 1.92 bits per heavy atom. The molecular weight excluding hydrogens is 364 g/mol. The first kappa shape index (κ1) is 16.5. The molecule has 0 aliphatic rings. The molecule has 0 saturated carbocycles. The van der Waals surface area contributed by atoms with Gasteiger partial charge in [-0.15, -0.1) is 0 Å². The Morgan fingerprint density at radius 2 is 1.42 bits per heavy atom. The SMILES string of the molecule is CNc1ncnc(N(Cc2ccccc2)Cc2ccccc2)c1Br. The lowest BCUT2D eigenvalue weighted by Crippen LogP contribution is -2.24. The Hall–Kier alpha value is -2.40. The van der Waals surface area contributed by atoms with E-state index in [4.69, 9.17) is 0 Å². The van der Waals surface area contributed by atoms with Gasteiger partial charge in [-0.25, -0.2) is 9.97 Å². The van der Waals surface area contributed by atoms with E-state index in [1.54, 1.807) is 6.33 Å². The number of nitrogens with one attached hydrogen (secondary N) is 1. The van der Waals surface area contributed by atoms with Crippen LogP contribution in [0.1, 0.15) is 11.1 Å². The second-order valence-corrected chi connectivity index (χ2v) is 6.23. The molecule has 2 aromatic carbocycles. The predicted octanol–water partition coefficient (Wildman–Crippen LogP) is 4.49. The molecule has 3 aromatic rings. The molecule has 122 valence electrons. The summed E-state index contributed by atoms with van der Waals surface area (Å²) in [5.74, 6) is 1.66. The fraction of sp³-hybridized carbons (Fsp3) is 0.158. The Morgan fingerprint density at radius 1 is 0.875 bits per heavy atom. The van der Waals surface area contributed by atoms with E-state index in [0.29, 0.717) is 0 Å². The molecule has 0 bridgehead atoms. The largest absolute Gasteiger partial charge is 0.372 e. The summed E-state index contributed by atoms with van der Waals surface area (Å²) in [6, 6.07) is 20.8. The minimum Gasteiger partial charge on any atom is -0.372 e. The van der Waals surface area contributed by atoms with Crippen LogP contribution in [0, 0.1) is 0 Å². The molecule has 0 aliphatic carbocycles. The summed E-state index contributed by atoms with van der Waals surface area (Å²) in [6.07, 6.45) is 1.59. The van der Waals surface area contributed by atoms with Gasteiger partial charge in [0.05, 0.1) is 0 Å². The van der Waals surface area contributed by atoms with E-state index in [1.165, 1.54) is 11.1 Å². The number of hydrogen-bond donors (Lipinski definition) is 1. The van der Waals surface area contributed by atoms with Crippen LogP contribution in [-0.4, -0.2) is 17.0 Å². The van der Waals surface area contributed by atoms with Crippen LogP contribution in [0.5, 0.6) is 0 Å². The minimum absolute atomic E-state index is 0.772. The summed E-state index contributed by atoms with van der Waals surface area (Å²) < 4.78 is 0.874. The van der Waals surface area contributed by atoms with Crippen LogP contribution in [0.25, 0.3) is 0 Å². The topological polar surface area (TPSA) is 41.1 Å². The van der Waals surface area contributed by atoms with Crippen LogP contribution < -0.4 is 10.2 Å². The van der Waals surface area contributed by atoms with E-state index < -0.39 is 0 Å². The van der Waals surface area contributed by atoms with Crippen molar-refractivity contribution >= 4 is 27.6 Å². The van der Waals surface area contributed by atoms with Gasteiger partial charge in [0.15, 0.2) is 0 Å². The molecule has 1 N–H and O–H groups in total. The summed E-state index contributed by atoms with van der Waals surface area (Å²) in [4.78, 5) is 11.0. The van der Waals surface area contributed by atoms with Crippen molar-refractivity contribution in [1.29, 1.82) is 0 Å². The minimum atomic E-state index is 0.772. The van der Waals surface area contributed by atoms with Crippen LogP contribution in [0.4, 0.5) is 11.6 Å². The molecule has 1 aromatic heterocycles. The van der Waals surface area contributed by atoms with E-state index in [2.05, 4.69) is 84.6 Å². The standard InChI is InChI=1S/C19H19BrN4/c1-21-18-17(20)19(23-14-22-18)24(12-15-8-4-2-5-9-15)13-16-10-6-3-7-11-16/h2-11,14H,12-13H2,1H3,(H,21,22,23). The third-order valence-corrected chi connectivity index (χ3v) is 4.47. The van der Waals surface area contributed by atoms with Crippen molar-refractivity contribution in [3.63, 3.8) is 0 Å². The van der Waals surface area contributed by atoms with Gasteiger partial charge >= 0.3 is 0 Å². The molecule has 3 rings (SSSR count). The van der Waals surface area contributed by atoms with E-state index in [-0.39, 0.29) is 0 Å². The summed E-state index contributed by atoms with van der Waals surface area (Å²) in [5, 5.41) is 3.09. The highest BCUT2D eigenvalue weighted by Gasteiger charge is 2.16. The zero-order chi connectivity index (χ0) is 16.8. The maximum atomic E-state index is 4.51. The number of aromatic nitrogens is 2. The van der Waals surface area contributed by atoms with Crippen LogP contribution in [0.3, 0.4) is 0 Å². The van der Waals surface area contributed by atoms with Gasteiger partial charge in [-0.2, -0.15) is 0 Å². The molecule has 4 nitrogen and oxygen atoms in total. The first-order valence-corrected chi connectivity index (χ1v) is 8.58. The number of rotatable bonds is 6. The molecule has 24 heavy (non-hydrogen) atoms. The fourth-order valence-corrected chi connectivity index (χ4v) is 3.22. The highest BCUT2D eigenvalue weighted by Crippen LogP contribution is 2.31. The first-order valence-electron chi connectivity index (χ1n) is 7.79. The summed E-state index contributed by atoms with van der Waals surface area (Å²) in [5.41, 5.74) is 2.48. The number of hydrogen-bond acceptors (Lipinski definition) is 4. The van der Waals surface area contributed by atoms with Gasteiger partial charge in [-0.05, 0) is 27.1 Å². The number of halogens is 1. The smallest absolute Gasteiger partial charge is 0.149 e. The lowest BCUT2D eigenvalue weighted by Gasteiger charge is -2.25. The Labute approximate surface area is 150 Å². The molecule has 0 unspecified atom stereocenters. The van der Waals surface area contributed by atoms with Crippen molar-refractivity contribution in [2.45, 2.75) is 13.1 Å². The molecule has 0 amide bonds. The van der Waals surface area contributed by atoms with Gasteiger partial charge in [0.2, 0.25) is 0 Å². The van der Waals surface area contributed by atoms with Crippen molar-refractivity contribution in [1.82, 2.24) is 9.97 Å². The molecule has 0 fully saturated rings. The van der Waals surface area contributed by atoms with Crippen molar-refractivity contribution in [3.05, 3.63) is 82.6 Å². The van der Waals surface area contributed by atoms with Crippen molar-refractivity contribution in [3.8, 4) is 0 Å². The quantitative estimate of drug-likeness (QED) is 0.681. The molecule has 0 aliphatic heterocycles. The van der Waals surface area contributed by atoms with Crippen molar-refractivity contribution in [2.75, 3.05) is 17.3 Å². The van der Waals surface area contributed by atoms with Crippen LogP contribution in [-0.2, 0) is 13.1 Å². The Bertz CT molecular complexity index is 736. The lowest BCUT2D eigenvalue weighted by atomic mass is 10.1. The van der Waals surface area contributed by atoms with E-state index >= 15 is 0 Å². The molecule has 0 spiro atoms. The molecule has 1 heterocycles. The van der Waals surface area contributed by atoms with Crippen LogP contribution in [0.15, 0.2) is 71.5 Å². The lowest BCUT2D eigenvalue weighted by molar-refractivity contribution is 0.778. The molecular formula is C19H19BrN4. The fourth-order valence-electron chi connectivity index (χ4n) is 2.57. The van der Waals surface area contributed by atoms with Gasteiger partial charge in [-0.3, -0.25) is 0 Å². The second-order valence-electron chi connectivity index (χ2n) is 5.44. The summed E-state index contributed by atoms with van der Waals surface area (Å²) >= 11 is 3.64. The van der Waals surface area contributed by atoms with Crippen LogP contribution >= 0.6 is 15.9 Å². The number of anilines is 2. The first-order chi connectivity index (χ1) is 11.8. The van der Waals surface area contributed by atoms with E-state index in [1.807, 2.05) is 19.2 Å². The third kappa shape index (κ3) is 3.92. The maximum Gasteiger partial charge on any atom is 0.149 e. The normalized spacial score (nSPS) is 10.4. The predicted molar refractivity (Wildman–Crippen MR) is 102 cm³/mol. The molecule has 0 saturated heterocycles. The highest BCUT2D eigenvalue weighted by atomic mass is 79.9. The average Bonchev–Trinajstić information content (AvgIpc) is 2.63. The highest BCUT2D eigenvalue weighted by molar-refractivity contribution is 9.10. The van der Waals surface area contributed by atoms with Gasteiger partial charge in [-0.1, -0.05) is 60.7 Å². The Balaban J connectivity index is 1.95. The van der Waals surface area contributed by atoms with Gasteiger partial charge < -0.3 is 10.2 Å². The van der Waals surface area contributed by atoms with Crippen molar-refractivity contribution < 1.29 is 0 Å². The van der Waals surface area contributed by atoms with Gasteiger partial charge in [0.1, 0.15) is 22.4 Å². The van der Waals surface area contributed by atoms with E-state index in [9.17, 15) is 0 Å². The number of nitrogens with zero attached hydrogens (tertiary/aromatic N) is 3. The third-order valence-electron chi connectivity index (χ3n) is 3.74. The maximum absolute atomic E-state index is 4.51. The summed E-state index contributed by atoms with van der Waals surface area (Å²) in [7, 11) is 1.86. The second kappa shape index (κ2) is 7.93. The number of benzene rings is 2. The monoisotopic (exact) mass is 382 g/mol. The van der Waals surface area contributed by atoms with Gasteiger partial charge in [0.25, 0.3) is 0 Å². The zero-order valence-electron chi connectivity index (χ0n) is 13.5. The van der Waals surface area contributed by atoms with Crippen LogP contribution in [0.2, 0.25) is 0 Å². The zero-order valence-corrected chi connectivity index (χ0v) is 15.1. The summed E-state index contributed by atoms with van der Waals surface area (Å²) in [6.45, 7) is 1.54. The average molecular weight is 383 g/mol. The molecule has 5 heteroatoms. The molecule has 0 atom stereocenters. The van der Waals surface area contributed by atoms with Crippen molar-refractivity contribution in [2.24, 2.45) is 0 Å².